The third kappa shape index (κ3) is 4.60. The van der Waals surface area contributed by atoms with Crippen molar-refractivity contribution < 1.29 is 33.3 Å². The first-order valence-electron chi connectivity index (χ1n) is 7.13. The van der Waals surface area contributed by atoms with Crippen molar-refractivity contribution in [1.29, 1.82) is 0 Å². The monoisotopic (exact) mass is 322 g/mol. The molecular weight excluding hydrogens is 299 g/mol. The van der Waals surface area contributed by atoms with Gasteiger partial charge in [0.15, 0.2) is 0 Å². The maximum atomic E-state index is 12.7. The minimum absolute atomic E-state index is 0.00362. The third-order valence-corrected chi connectivity index (χ3v) is 5.43. The van der Waals surface area contributed by atoms with E-state index in [1.807, 2.05) is 0 Å². The number of rotatable bonds is 8. The predicted octanol–water partition coefficient (Wildman–Crippen LogP) is 0.698. The Morgan fingerprint density at radius 3 is 2.62 bits per heavy atom. The van der Waals surface area contributed by atoms with Crippen molar-refractivity contribution in [3.63, 3.8) is 0 Å². The van der Waals surface area contributed by atoms with Gasteiger partial charge in [0.2, 0.25) is 0 Å². The zero-order chi connectivity index (χ0) is 15.3. The summed E-state index contributed by atoms with van der Waals surface area (Å²) in [6.45, 7) is 4.29. The van der Waals surface area contributed by atoms with Gasteiger partial charge in [-0.3, -0.25) is 4.57 Å². The van der Waals surface area contributed by atoms with Crippen molar-refractivity contribution in [1.82, 2.24) is 0 Å². The summed E-state index contributed by atoms with van der Waals surface area (Å²) in [4.78, 5) is 0. The summed E-state index contributed by atoms with van der Waals surface area (Å²) in [5.74, 6) is 0. The van der Waals surface area contributed by atoms with E-state index in [4.69, 9.17) is 18.5 Å². The van der Waals surface area contributed by atoms with Crippen molar-refractivity contribution in [3.8, 4) is 0 Å². The highest BCUT2D eigenvalue weighted by molar-refractivity contribution is 7.54. The number of allylic oxidation sites excluding steroid dienone is 1. The predicted molar refractivity (Wildman–Crippen MR) is 75.3 cm³/mol. The Bertz CT molecular complexity index is 389. The van der Waals surface area contributed by atoms with Crippen LogP contribution in [-0.2, 0) is 23.1 Å². The first-order valence-corrected chi connectivity index (χ1v) is 8.86. The van der Waals surface area contributed by atoms with Gasteiger partial charge in [-0.15, -0.1) is 6.58 Å². The molecule has 0 aromatic rings. The molecule has 0 aliphatic carbocycles. The molecule has 0 radical (unpaired) electrons. The van der Waals surface area contributed by atoms with E-state index in [2.05, 4.69) is 6.58 Å². The van der Waals surface area contributed by atoms with Gasteiger partial charge in [-0.05, 0) is 6.42 Å². The van der Waals surface area contributed by atoms with Gasteiger partial charge in [0.1, 0.15) is 12.2 Å². The second kappa shape index (κ2) is 7.83. The fraction of sp³-hybridized carbons (Fsp3) is 0.846. The molecule has 2 saturated heterocycles. The average molecular weight is 322 g/mol. The topological polar surface area (TPSA) is 94.5 Å². The zero-order valence-electron chi connectivity index (χ0n) is 11.9. The van der Waals surface area contributed by atoms with Gasteiger partial charge < -0.3 is 28.7 Å². The Morgan fingerprint density at radius 1 is 1.29 bits per heavy atom. The first-order chi connectivity index (χ1) is 10.1. The average Bonchev–Trinajstić information content (AvgIpc) is 3.05. The van der Waals surface area contributed by atoms with E-state index >= 15 is 0 Å². The SMILES string of the molecule is C=CCP(=O)(OC[C@H]1OCC[C@@H]1O)O[C@H]1CCO[C@@H]1CO. The van der Waals surface area contributed by atoms with E-state index in [9.17, 15) is 14.8 Å². The molecule has 0 aromatic heterocycles. The van der Waals surface area contributed by atoms with E-state index < -0.39 is 32.0 Å². The van der Waals surface area contributed by atoms with Gasteiger partial charge in [0.25, 0.3) is 0 Å². The quantitative estimate of drug-likeness (QED) is 0.502. The molecule has 21 heavy (non-hydrogen) atoms. The van der Waals surface area contributed by atoms with Crippen LogP contribution in [0.15, 0.2) is 12.7 Å². The molecule has 2 aliphatic rings. The highest BCUT2D eigenvalue weighted by atomic mass is 31.2. The highest BCUT2D eigenvalue weighted by Gasteiger charge is 2.37. The highest BCUT2D eigenvalue weighted by Crippen LogP contribution is 2.51. The molecule has 0 bridgehead atoms. The van der Waals surface area contributed by atoms with Crippen LogP contribution in [0.2, 0.25) is 0 Å². The first kappa shape index (κ1) is 17.1. The van der Waals surface area contributed by atoms with Gasteiger partial charge in [0.05, 0.1) is 31.6 Å². The Morgan fingerprint density at radius 2 is 2.00 bits per heavy atom. The van der Waals surface area contributed by atoms with Crippen LogP contribution in [0.4, 0.5) is 0 Å². The van der Waals surface area contributed by atoms with Crippen LogP contribution >= 0.6 is 7.60 Å². The van der Waals surface area contributed by atoms with Crippen molar-refractivity contribution in [2.45, 2.75) is 37.3 Å². The number of hydrogen-bond donors (Lipinski definition) is 2. The number of aliphatic hydroxyl groups excluding tert-OH is 2. The molecule has 2 rings (SSSR count). The van der Waals surface area contributed by atoms with Crippen molar-refractivity contribution in [3.05, 3.63) is 12.7 Å². The molecule has 1 unspecified atom stereocenters. The van der Waals surface area contributed by atoms with Gasteiger partial charge in [-0.25, -0.2) is 0 Å². The lowest BCUT2D eigenvalue weighted by Crippen LogP contribution is -2.29. The molecule has 5 atom stereocenters. The second-order valence-electron chi connectivity index (χ2n) is 5.17. The summed E-state index contributed by atoms with van der Waals surface area (Å²) in [7, 11) is -3.40. The summed E-state index contributed by atoms with van der Waals surface area (Å²) < 4.78 is 34.3. The molecule has 8 heteroatoms. The summed E-state index contributed by atoms with van der Waals surface area (Å²) in [6, 6.07) is 0. The standard InChI is InChI=1S/C13H23O7P/c1-2-7-21(16,19-9-13-10(15)3-5-18-13)20-11-4-6-17-12(11)8-14/h2,10-15H,1,3-9H2/t10-,11-,12+,13+,21?/m0/s1. The maximum absolute atomic E-state index is 12.7. The molecule has 0 amide bonds. The van der Waals surface area contributed by atoms with Crippen molar-refractivity contribution in [2.24, 2.45) is 0 Å². The molecular formula is C13H23O7P. The minimum atomic E-state index is -3.40. The summed E-state index contributed by atoms with van der Waals surface area (Å²) in [6.07, 6.45) is 0.584. The lowest BCUT2D eigenvalue weighted by atomic mass is 10.2. The Balaban J connectivity index is 1.92. The van der Waals surface area contributed by atoms with Crippen LogP contribution < -0.4 is 0 Å². The zero-order valence-corrected chi connectivity index (χ0v) is 12.8. The third-order valence-electron chi connectivity index (χ3n) is 3.59. The second-order valence-corrected chi connectivity index (χ2v) is 7.22. The van der Waals surface area contributed by atoms with E-state index in [-0.39, 0.29) is 19.4 Å². The Kier molecular flexibility index (Phi) is 6.37. The fourth-order valence-corrected chi connectivity index (χ4v) is 3.99. The molecule has 2 heterocycles. The summed E-state index contributed by atoms with van der Waals surface area (Å²) >= 11 is 0. The molecule has 0 saturated carbocycles. The largest absolute Gasteiger partial charge is 0.394 e. The molecule has 2 N–H and O–H groups in total. The van der Waals surface area contributed by atoms with Crippen LogP contribution in [0.3, 0.4) is 0 Å². The fourth-order valence-electron chi connectivity index (χ4n) is 2.39. The van der Waals surface area contributed by atoms with Crippen molar-refractivity contribution in [2.75, 3.05) is 32.6 Å². The normalized spacial score (nSPS) is 35.7. The van der Waals surface area contributed by atoms with Gasteiger partial charge >= 0.3 is 7.60 Å². The number of aliphatic hydroxyl groups is 2. The van der Waals surface area contributed by atoms with Gasteiger partial charge in [-0.1, -0.05) is 6.08 Å². The van der Waals surface area contributed by atoms with E-state index in [1.54, 1.807) is 0 Å². The van der Waals surface area contributed by atoms with Gasteiger partial charge in [0, 0.05) is 19.6 Å². The molecule has 2 fully saturated rings. The molecule has 0 spiro atoms. The Labute approximate surface area is 124 Å². The van der Waals surface area contributed by atoms with Crippen LogP contribution in [0.1, 0.15) is 12.8 Å². The van der Waals surface area contributed by atoms with Crippen LogP contribution in [0, 0.1) is 0 Å². The summed E-state index contributed by atoms with van der Waals surface area (Å²) in [5, 5.41) is 18.9. The molecule has 122 valence electrons. The van der Waals surface area contributed by atoms with E-state index in [0.717, 1.165) is 0 Å². The van der Waals surface area contributed by atoms with Gasteiger partial charge in [-0.2, -0.15) is 0 Å². The molecule has 7 nitrogen and oxygen atoms in total. The molecule has 2 aliphatic heterocycles. The maximum Gasteiger partial charge on any atom is 0.334 e. The van der Waals surface area contributed by atoms with Crippen molar-refractivity contribution >= 4 is 7.60 Å². The van der Waals surface area contributed by atoms with E-state index in [0.29, 0.717) is 26.1 Å². The molecule has 0 aromatic carbocycles. The van der Waals surface area contributed by atoms with Crippen LogP contribution in [-0.4, -0.2) is 67.2 Å². The van der Waals surface area contributed by atoms with E-state index in [1.165, 1.54) is 6.08 Å². The smallest absolute Gasteiger partial charge is 0.334 e. The number of ether oxygens (including phenoxy) is 2. The number of hydrogen-bond acceptors (Lipinski definition) is 7. The summed E-state index contributed by atoms with van der Waals surface area (Å²) in [5.41, 5.74) is 0. The lowest BCUT2D eigenvalue weighted by molar-refractivity contribution is -0.00871. The lowest BCUT2D eigenvalue weighted by Gasteiger charge is -2.25. The van der Waals surface area contributed by atoms with Crippen LogP contribution in [0.5, 0.6) is 0 Å². The Hall–Kier alpha value is -0.270. The minimum Gasteiger partial charge on any atom is -0.394 e. The van der Waals surface area contributed by atoms with Crippen LogP contribution in [0.25, 0.3) is 0 Å².